The largest absolute Gasteiger partial charge is 1.00 e. The van der Waals surface area contributed by atoms with Crippen LogP contribution in [0.25, 0.3) is 0 Å². The number of benzene rings is 3. The first-order chi connectivity index (χ1) is 10.6. The summed E-state index contributed by atoms with van der Waals surface area (Å²) in [5.41, 5.74) is 3.92. The summed E-state index contributed by atoms with van der Waals surface area (Å²) in [7, 11) is -0.0394. The number of halogens is 1. The number of rotatable bonds is 3. The lowest BCUT2D eigenvalue weighted by molar-refractivity contribution is -0.00000461. The van der Waals surface area contributed by atoms with Crippen LogP contribution in [-0.4, -0.2) is 0 Å². The fraction of sp³-hybridized carbons (Fsp3) is 0.143. The molecule has 0 amide bonds. The molecule has 0 nitrogen and oxygen atoms in total. The Balaban J connectivity index is 0.00000192. The van der Waals surface area contributed by atoms with Crippen LogP contribution in [-0.2, 0) is 10.9 Å². The third kappa shape index (κ3) is 4.02. The first-order valence-electron chi connectivity index (χ1n) is 7.58. The summed E-state index contributed by atoms with van der Waals surface area (Å²) in [6.07, 6.45) is 0. The topological polar surface area (TPSA) is 0 Å². The summed E-state index contributed by atoms with van der Waals surface area (Å²) in [4.78, 5) is 4.12. The second kappa shape index (κ2) is 7.47. The number of aryl methyl sites for hydroxylation is 3. The molecule has 0 radical (unpaired) electrons. The summed E-state index contributed by atoms with van der Waals surface area (Å²) in [6, 6.07) is 26.8. The van der Waals surface area contributed by atoms with E-state index in [0.717, 1.165) is 0 Å². The molecular weight excluding hydrogens is 303 g/mol. The summed E-state index contributed by atoms with van der Waals surface area (Å²) >= 11 is 0. The minimum absolute atomic E-state index is 0. The van der Waals surface area contributed by atoms with Crippen LogP contribution in [0.2, 0.25) is 0 Å². The molecule has 3 aromatic carbocycles. The Bertz CT molecular complexity index is 635. The average Bonchev–Trinajstić information content (AvgIpc) is 2.53. The van der Waals surface area contributed by atoms with E-state index in [-0.39, 0.29) is 15.6 Å². The summed E-state index contributed by atoms with van der Waals surface area (Å²) in [6.45, 7) is 6.42. The van der Waals surface area contributed by atoms with E-state index in [2.05, 4.69) is 93.6 Å². The van der Waals surface area contributed by atoms with Gasteiger partial charge in [0, 0.05) is 0 Å². The van der Waals surface area contributed by atoms with Crippen molar-refractivity contribution in [1.82, 2.24) is 0 Å². The van der Waals surface area contributed by atoms with Crippen molar-refractivity contribution < 1.29 is 4.70 Å². The van der Waals surface area contributed by atoms with E-state index < -0.39 is 0 Å². The average molecular weight is 324 g/mol. The first-order valence-corrected chi connectivity index (χ1v) is 8.80. The van der Waals surface area contributed by atoms with Crippen molar-refractivity contribution in [2.75, 3.05) is 0 Å². The number of hydrogen-bond acceptors (Lipinski definition) is 0. The maximum atomic E-state index is 2.26. The monoisotopic (exact) mass is 324 g/mol. The van der Waals surface area contributed by atoms with Gasteiger partial charge in [0.2, 0.25) is 0 Å². The Morgan fingerprint density at radius 1 is 0.435 bits per heavy atom. The molecule has 0 aliphatic rings. The normalized spacial score (nSPS) is 10.4. The Kier molecular flexibility index (Phi) is 5.62. The Labute approximate surface area is 140 Å². The SMILES string of the molecule is Cc1ccc([S+](c2ccc(C)cc2)c2ccc(C)cc2)cc1.[F-]. The molecule has 0 spiro atoms. The zero-order chi connectivity index (χ0) is 15.5. The zero-order valence-corrected chi connectivity index (χ0v) is 14.5. The van der Waals surface area contributed by atoms with Crippen LogP contribution in [0.1, 0.15) is 16.7 Å². The van der Waals surface area contributed by atoms with Crippen LogP contribution < -0.4 is 4.70 Å². The van der Waals surface area contributed by atoms with Crippen LogP contribution in [0, 0.1) is 20.8 Å². The van der Waals surface area contributed by atoms with E-state index in [1.54, 1.807) is 0 Å². The molecule has 0 fully saturated rings. The lowest BCUT2D eigenvalue weighted by Gasteiger charge is -2.09. The standard InChI is InChI=1S/C21H21S.FH/c1-16-4-10-19(11-5-16)22(20-12-6-17(2)7-13-20)21-14-8-18(3)9-15-21;/h4-15H,1-3H3;1H/q+1;/p-1. The predicted molar refractivity (Wildman–Crippen MR) is 95.7 cm³/mol. The molecule has 0 aromatic heterocycles. The summed E-state index contributed by atoms with van der Waals surface area (Å²) in [5.74, 6) is 0. The molecule has 0 N–H and O–H groups in total. The van der Waals surface area contributed by atoms with Crippen LogP contribution in [0.4, 0.5) is 0 Å². The zero-order valence-electron chi connectivity index (χ0n) is 13.7. The van der Waals surface area contributed by atoms with Gasteiger partial charge in [-0.15, -0.1) is 0 Å². The second-order valence-electron chi connectivity index (χ2n) is 5.75. The molecule has 0 saturated carbocycles. The molecule has 23 heavy (non-hydrogen) atoms. The van der Waals surface area contributed by atoms with E-state index >= 15 is 0 Å². The van der Waals surface area contributed by atoms with E-state index in [9.17, 15) is 0 Å². The Morgan fingerprint density at radius 2 is 0.652 bits per heavy atom. The highest BCUT2D eigenvalue weighted by atomic mass is 32.2. The Hall–Kier alpha value is -2.06. The highest BCUT2D eigenvalue weighted by molar-refractivity contribution is 7.97. The van der Waals surface area contributed by atoms with Crippen LogP contribution in [0.15, 0.2) is 87.5 Å². The first kappa shape index (κ1) is 17.3. The smallest absolute Gasteiger partial charge is 0.166 e. The second-order valence-corrected chi connectivity index (χ2v) is 7.77. The van der Waals surface area contributed by atoms with Gasteiger partial charge in [-0.3, -0.25) is 0 Å². The van der Waals surface area contributed by atoms with Gasteiger partial charge >= 0.3 is 0 Å². The minimum atomic E-state index is -0.0394. The predicted octanol–water partition coefficient (Wildman–Crippen LogP) is 2.71. The van der Waals surface area contributed by atoms with Crippen molar-refractivity contribution >= 4 is 10.9 Å². The van der Waals surface area contributed by atoms with Gasteiger partial charge in [0.1, 0.15) is 0 Å². The van der Waals surface area contributed by atoms with Crippen LogP contribution >= 0.6 is 0 Å². The highest BCUT2D eigenvalue weighted by Crippen LogP contribution is 2.31. The van der Waals surface area contributed by atoms with Gasteiger partial charge in [-0.25, -0.2) is 0 Å². The fourth-order valence-corrected chi connectivity index (χ4v) is 4.47. The third-order valence-corrected chi connectivity index (χ3v) is 6.00. The van der Waals surface area contributed by atoms with Gasteiger partial charge in [0.25, 0.3) is 0 Å². The third-order valence-electron chi connectivity index (χ3n) is 3.77. The molecule has 0 aliphatic carbocycles. The molecule has 2 heteroatoms. The van der Waals surface area contributed by atoms with Gasteiger partial charge in [-0.05, 0) is 57.2 Å². The molecule has 3 aromatic rings. The molecule has 0 atom stereocenters. The van der Waals surface area contributed by atoms with Crippen molar-refractivity contribution in [2.45, 2.75) is 35.5 Å². The van der Waals surface area contributed by atoms with Crippen molar-refractivity contribution in [2.24, 2.45) is 0 Å². The van der Waals surface area contributed by atoms with Gasteiger partial charge < -0.3 is 4.70 Å². The van der Waals surface area contributed by atoms with Gasteiger partial charge in [-0.1, -0.05) is 53.1 Å². The molecule has 118 valence electrons. The van der Waals surface area contributed by atoms with Crippen LogP contribution in [0.5, 0.6) is 0 Å². The summed E-state index contributed by atoms with van der Waals surface area (Å²) < 4.78 is 0. The molecule has 0 heterocycles. The fourth-order valence-electron chi connectivity index (χ4n) is 2.43. The van der Waals surface area contributed by atoms with Gasteiger partial charge in [0.15, 0.2) is 14.7 Å². The molecule has 0 aliphatic heterocycles. The maximum Gasteiger partial charge on any atom is 0.166 e. The molecule has 3 rings (SSSR count). The Morgan fingerprint density at radius 3 is 0.870 bits per heavy atom. The molecular formula is C21H21FS. The molecule has 0 saturated heterocycles. The minimum Gasteiger partial charge on any atom is -1.00 e. The molecule has 0 bridgehead atoms. The van der Waals surface area contributed by atoms with E-state index in [4.69, 9.17) is 0 Å². The highest BCUT2D eigenvalue weighted by Gasteiger charge is 2.28. The van der Waals surface area contributed by atoms with Crippen molar-refractivity contribution in [3.63, 3.8) is 0 Å². The van der Waals surface area contributed by atoms with Crippen molar-refractivity contribution in [3.8, 4) is 0 Å². The van der Waals surface area contributed by atoms with Crippen molar-refractivity contribution in [3.05, 3.63) is 89.5 Å². The lowest BCUT2D eigenvalue weighted by Crippen LogP contribution is -3.00. The van der Waals surface area contributed by atoms with E-state index in [0.29, 0.717) is 0 Å². The van der Waals surface area contributed by atoms with Crippen LogP contribution in [0.3, 0.4) is 0 Å². The lowest BCUT2D eigenvalue weighted by atomic mass is 10.2. The van der Waals surface area contributed by atoms with E-state index in [1.165, 1.54) is 31.4 Å². The number of hydrogen-bond donors (Lipinski definition) is 0. The van der Waals surface area contributed by atoms with Crippen molar-refractivity contribution in [1.29, 1.82) is 0 Å². The van der Waals surface area contributed by atoms with E-state index in [1.807, 2.05) is 0 Å². The quantitative estimate of drug-likeness (QED) is 0.650. The maximum absolute atomic E-state index is 2.26. The summed E-state index contributed by atoms with van der Waals surface area (Å²) in [5, 5.41) is 0. The van der Waals surface area contributed by atoms with Gasteiger partial charge in [0.05, 0.1) is 10.9 Å². The molecule has 0 unspecified atom stereocenters. The van der Waals surface area contributed by atoms with Gasteiger partial charge in [-0.2, -0.15) is 0 Å².